The number of carbonyl (C=O) groups is 2. The highest BCUT2D eigenvalue weighted by molar-refractivity contribution is 5.81. The van der Waals surface area contributed by atoms with Crippen molar-refractivity contribution in [2.24, 2.45) is 10.8 Å². The number of nitrogens with one attached hydrogen (secondary N) is 2. The van der Waals surface area contributed by atoms with Crippen LogP contribution in [0.2, 0.25) is 0 Å². The Morgan fingerprint density at radius 3 is 2.15 bits per heavy atom. The molecule has 2 N–H and O–H groups in total. The summed E-state index contributed by atoms with van der Waals surface area (Å²) in [4.78, 5) is 23.5. The first kappa shape index (κ1) is 26.0. The second-order valence-electron chi connectivity index (χ2n) is 9.08. The average molecular weight is 387 g/mol. The molecule has 0 spiro atoms. The third-order valence-electron chi connectivity index (χ3n) is 4.49. The smallest absolute Gasteiger partial charge is 0.220 e. The van der Waals surface area contributed by atoms with Crippen LogP contribution in [0.3, 0.4) is 0 Å². The molecule has 27 heavy (non-hydrogen) atoms. The molecule has 0 saturated carbocycles. The number of hydrogen-bond donors (Lipinski definition) is 2. The Morgan fingerprint density at radius 1 is 0.963 bits per heavy atom. The molecular formula is C21H42N2O4. The molecule has 1 amide bonds. The maximum atomic E-state index is 12.2. The van der Waals surface area contributed by atoms with Crippen molar-refractivity contribution in [2.45, 2.75) is 72.8 Å². The lowest BCUT2D eigenvalue weighted by molar-refractivity contribution is -0.124. The molecule has 0 aromatic carbocycles. The fourth-order valence-corrected chi connectivity index (χ4v) is 3.01. The minimum Gasteiger partial charge on any atom is -0.384 e. The van der Waals surface area contributed by atoms with Gasteiger partial charge >= 0.3 is 0 Å². The molecule has 0 aromatic rings. The largest absolute Gasteiger partial charge is 0.384 e. The van der Waals surface area contributed by atoms with Crippen molar-refractivity contribution in [2.75, 3.05) is 40.5 Å². The van der Waals surface area contributed by atoms with Crippen molar-refractivity contribution in [1.82, 2.24) is 10.6 Å². The average Bonchev–Trinajstić information content (AvgIpc) is 2.52. The fraction of sp³-hybridized carbons (Fsp3) is 0.905. The van der Waals surface area contributed by atoms with Crippen LogP contribution in [-0.4, -0.2) is 58.3 Å². The van der Waals surface area contributed by atoms with Crippen LogP contribution in [0, 0.1) is 10.8 Å². The van der Waals surface area contributed by atoms with Gasteiger partial charge in [0.2, 0.25) is 5.91 Å². The SMILES string of the molecule is CN[C@@H](CCCCCNC(=O)CC(C)(C)COCC(C)(C)COC)C(C)=O. The molecule has 0 aliphatic heterocycles. The van der Waals surface area contributed by atoms with Gasteiger partial charge < -0.3 is 20.1 Å². The summed E-state index contributed by atoms with van der Waals surface area (Å²) >= 11 is 0. The lowest BCUT2D eigenvalue weighted by Gasteiger charge is -2.28. The molecule has 1 atom stereocenters. The van der Waals surface area contributed by atoms with Gasteiger partial charge in [-0.15, -0.1) is 0 Å². The van der Waals surface area contributed by atoms with Gasteiger partial charge in [-0.2, -0.15) is 0 Å². The number of rotatable bonds is 16. The van der Waals surface area contributed by atoms with Crippen LogP contribution >= 0.6 is 0 Å². The quantitative estimate of drug-likeness (QED) is 0.399. The Hall–Kier alpha value is -0.980. The number of ketones is 1. The number of likely N-dealkylation sites (N-methyl/N-ethyl adjacent to an activating group) is 1. The Balaban J connectivity index is 3.91. The molecule has 6 nitrogen and oxygen atoms in total. The van der Waals surface area contributed by atoms with E-state index in [1.165, 1.54) is 0 Å². The van der Waals surface area contributed by atoms with E-state index in [0.29, 0.717) is 32.8 Å². The number of Topliss-reactive ketones (excluding diaryl/α,β-unsaturated/α-hetero) is 1. The minimum atomic E-state index is -0.200. The topological polar surface area (TPSA) is 76.7 Å². The van der Waals surface area contributed by atoms with Gasteiger partial charge in [-0.1, -0.05) is 40.5 Å². The van der Waals surface area contributed by atoms with Crippen LogP contribution in [0.5, 0.6) is 0 Å². The first-order valence-corrected chi connectivity index (χ1v) is 10.0. The molecule has 0 fully saturated rings. The van der Waals surface area contributed by atoms with E-state index in [0.717, 1.165) is 25.7 Å². The molecule has 0 aliphatic rings. The highest BCUT2D eigenvalue weighted by atomic mass is 16.5. The van der Waals surface area contributed by atoms with E-state index in [9.17, 15) is 9.59 Å². The van der Waals surface area contributed by atoms with Crippen molar-refractivity contribution in [3.63, 3.8) is 0 Å². The van der Waals surface area contributed by atoms with E-state index in [1.807, 2.05) is 7.05 Å². The van der Waals surface area contributed by atoms with Crippen LogP contribution in [0.15, 0.2) is 0 Å². The van der Waals surface area contributed by atoms with Crippen molar-refractivity contribution in [3.8, 4) is 0 Å². The molecule has 6 heteroatoms. The summed E-state index contributed by atoms with van der Waals surface area (Å²) in [5.41, 5.74) is -0.226. The fourth-order valence-electron chi connectivity index (χ4n) is 3.01. The van der Waals surface area contributed by atoms with Gasteiger partial charge in [0.25, 0.3) is 0 Å². The number of ether oxygens (including phenoxy) is 2. The summed E-state index contributed by atoms with van der Waals surface area (Å²) in [6, 6.07) is -0.0470. The number of unbranched alkanes of at least 4 members (excludes halogenated alkanes) is 2. The molecule has 0 saturated heterocycles. The van der Waals surface area contributed by atoms with E-state index in [2.05, 4.69) is 38.3 Å². The summed E-state index contributed by atoms with van der Waals surface area (Å²) in [6.07, 6.45) is 4.22. The molecule has 0 radical (unpaired) electrons. The highest BCUT2D eigenvalue weighted by Crippen LogP contribution is 2.23. The zero-order chi connectivity index (χ0) is 20.9. The lowest BCUT2D eigenvalue weighted by atomic mass is 9.89. The van der Waals surface area contributed by atoms with Gasteiger partial charge in [0.1, 0.15) is 5.78 Å². The van der Waals surface area contributed by atoms with E-state index >= 15 is 0 Å². The molecule has 0 aliphatic carbocycles. The predicted octanol–water partition coefficient (Wildman–Crippen LogP) is 2.95. The van der Waals surface area contributed by atoms with Gasteiger partial charge in [-0.05, 0) is 32.2 Å². The van der Waals surface area contributed by atoms with Crippen LogP contribution < -0.4 is 10.6 Å². The molecular weight excluding hydrogens is 344 g/mol. The Morgan fingerprint density at radius 2 is 1.59 bits per heavy atom. The minimum absolute atomic E-state index is 0.0260. The van der Waals surface area contributed by atoms with Crippen molar-refractivity contribution >= 4 is 11.7 Å². The van der Waals surface area contributed by atoms with Crippen LogP contribution in [0.1, 0.15) is 66.7 Å². The Bertz CT molecular complexity index is 436. The zero-order valence-corrected chi connectivity index (χ0v) is 18.6. The monoisotopic (exact) mass is 386 g/mol. The molecule has 0 aromatic heterocycles. The first-order valence-electron chi connectivity index (χ1n) is 10.0. The number of carbonyl (C=O) groups excluding carboxylic acids is 2. The third-order valence-corrected chi connectivity index (χ3v) is 4.49. The number of amides is 1. The maximum Gasteiger partial charge on any atom is 0.220 e. The Kier molecular flexibility index (Phi) is 12.8. The number of hydrogen-bond acceptors (Lipinski definition) is 5. The van der Waals surface area contributed by atoms with Crippen molar-refractivity contribution in [1.29, 1.82) is 0 Å². The molecule has 0 rings (SSSR count). The second kappa shape index (κ2) is 13.2. The predicted molar refractivity (Wildman–Crippen MR) is 110 cm³/mol. The lowest BCUT2D eigenvalue weighted by Crippen LogP contribution is -2.33. The molecule has 160 valence electrons. The van der Waals surface area contributed by atoms with Gasteiger partial charge in [-0.3, -0.25) is 9.59 Å². The maximum absolute atomic E-state index is 12.2. The number of methoxy groups -OCH3 is 1. The molecule has 0 heterocycles. The van der Waals surface area contributed by atoms with Gasteiger partial charge in [0, 0.05) is 25.5 Å². The summed E-state index contributed by atoms with van der Waals surface area (Å²) in [5, 5.41) is 6.02. The van der Waals surface area contributed by atoms with Crippen molar-refractivity contribution in [3.05, 3.63) is 0 Å². The highest BCUT2D eigenvalue weighted by Gasteiger charge is 2.25. The first-order chi connectivity index (χ1) is 12.5. The van der Waals surface area contributed by atoms with Gasteiger partial charge in [-0.25, -0.2) is 0 Å². The van der Waals surface area contributed by atoms with Crippen molar-refractivity contribution < 1.29 is 19.1 Å². The summed E-state index contributed by atoms with van der Waals surface area (Å²) in [7, 11) is 3.51. The van der Waals surface area contributed by atoms with Crippen LogP contribution in [0.25, 0.3) is 0 Å². The van der Waals surface area contributed by atoms with Gasteiger partial charge in [0.05, 0.1) is 25.9 Å². The van der Waals surface area contributed by atoms with Crippen LogP contribution in [-0.2, 0) is 19.1 Å². The standard InChI is InChI=1S/C21H42N2O4/c1-17(24)18(22-6)11-9-8-10-12-23-19(25)13-20(2,3)15-27-16-21(4,5)14-26-7/h18,22H,8-16H2,1-7H3,(H,23,25)/t18-/m0/s1. The molecule has 0 bridgehead atoms. The second-order valence-corrected chi connectivity index (χ2v) is 9.08. The van der Waals surface area contributed by atoms with E-state index in [-0.39, 0.29) is 28.6 Å². The van der Waals surface area contributed by atoms with E-state index in [4.69, 9.17) is 9.47 Å². The Labute approximate surface area is 166 Å². The molecule has 0 unspecified atom stereocenters. The van der Waals surface area contributed by atoms with E-state index in [1.54, 1.807) is 14.0 Å². The summed E-state index contributed by atoms with van der Waals surface area (Å²) < 4.78 is 11.0. The normalized spacial score (nSPS) is 13.4. The summed E-state index contributed by atoms with van der Waals surface area (Å²) in [5.74, 6) is 0.248. The third kappa shape index (κ3) is 13.8. The van der Waals surface area contributed by atoms with E-state index < -0.39 is 0 Å². The zero-order valence-electron chi connectivity index (χ0n) is 18.6. The summed E-state index contributed by atoms with van der Waals surface area (Å²) in [6.45, 7) is 12.4. The van der Waals surface area contributed by atoms with Crippen LogP contribution in [0.4, 0.5) is 0 Å². The van der Waals surface area contributed by atoms with Gasteiger partial charge in [0.15, 0.2) is 0 Å².